The quantitative estimate of drug-likeness (QED) is 0.926. The highest BCUT2D eigenvalue weighted by molar-refractivity contribution is 9.10. The molecule has 1 heterocycles. The van der Waals surface area contributed by atoms with Gasteiger partial charge in [-0.05, 0) is 42.6 Å². The predicted molar refractivity (Wildman–Crippen MR) is 69.4 cm³/mol. The van der Waals surface area contributed by atoms with Crippen molar-refractivity contribution >= 4 is 15.9 Å². The highest BCUT2D eigenvalue weighted by atomic mass is 79.9. The summed E-state index contributed by atoms with van der Waals surface area (Å²) < 4.78 is 3.11. The molecule has 1 aliphatic carbocycles. The topological polar surface area (TPSA) is 29.9 Å². The molecular formula is C12H20BrN3. The largest absolute Gasteiger partial charge is 0.306 e. The van der Waals surface area contributed by atoms with Gasteiger partial charge in [-0.1, -0.05) is 12.8 Å². The smallest absolute Gasteiger partial charge is 0.0739 e. The van der Waals surface area contributed by atoms with Crippen LogP contribution >= 0.6 is 15.9 Å². The third kappa shape index (κ3) is 2.33. The molecule has 0 atom stereocenters. The van der Waals surface area contributed by atoms with Crippen molar-refractivity contribution in [2.75, 3.05) is 0 Å². The maximum atomic E-state index is 4.41. The van der Waals surface area contributed by atoms with E-state index in [0.717, 1.165) is 16.7 Å². The van der Waals surface area contributed by atoms with E-state index in [1.807, 2.05) is 18.7 Å². The number of aryl methyl sites for hydroxylation is 2. The minimum Gasteiger partial charge on any atom is -0.306 e. The number of hydrogen-bond donors (Lipinski definition) is 1. The lowest BCUT2D eigenvalue weighted by Crippen LogP contribution is -2.39. The molecule has 0 spiro atoms. The minimum absolute atomic E-state index is 0.331. The zero-order valence-corrected chi connectivity index (χ0v) is 11.9. The molecule has 2 rings (SSSR count). The van der Waals surface area contributed by atoms with Gasteiger partial charge in [-0.2, -0.15) is 5.10 Å². The SMILES string of the molecule is Cc1nn(C)c(CNC2(C)CCCC2)c1Br. The molecule has 0 amide bonds. The molecule has 1 aromatic heterocycles. The molecule has 1 aromatic rings. The molecule has 0 bridgehead atoms. The number of hydrogen-bond acceptors (Lipinski definition) is 2. The zero-order chi connectivity index (χ0) is 11.8. The first-order valence-corrected chi connectivity index (χ1v) is 6.74. The Kier molecular flexibility index (Phi) is 3.40. The van der Waals surface area contributed by atoms with Gasteiger partial charge in [-0.3, -0.25) is 4.68 Å². The molecule has 1 fully saturated rings. The molecule has 16 heavy (non-hydrogen) atoms. The number of halogens is 1. The lowest BCUT2D eigenvalue weighted by Gasteiger charge is -2.25. The van der Waals surface area contributed by atoms with Gasteiger partial charge in [0.15, 0.2) is 0 Å². The standard InChI is InChI=1S/C12H20BrN3/c1-9-11(13)10(16(3)15-9)8-14-12(2)6-4-5-7-12/h14H,4-8H2,1-3H3. The van der Waals surface area contributed by atoms with E-state index in [9.17, 15) is 0 Å². The van der Waals surface area contributed by atoms with Crippen LogP contribution in [-0.2, 0) is 13.6 Å². The van der Waals surface area contributed by atoms with Crippen LogP contribution in [0.2, 0.25) is 0 Å². The van der Waals surface area contributed by atoms with Gasteiger partial charge in [0, 0.05) is 19.1 Å². The second kappa shape index (κ2) is 4.49. The summed E-state index contributed by atoms with van der Waals surface area (Å²) in [6.45, 7) is 5.26. The monoisotopic (exact) mass is 285 g/mol. The van der Waals surface area contributed by atoms with Crippen LogP contribution in [0.3, 0.4) is 0 Å². The van der Waals surface area contributed by atoms with E-state index in [4.69, 9.17) is 0 Å². The van der Waals surface area contributed by atoms with Crippen molar-refractivity contribution in [2.24, 2.45) is 7.05 Å². The Labute approximate surface area is 106 Å². The average molecular weight is 286 g/mol. The van der Waals surface area contributed by atoms with E-state index in [-0.39, 0.29) is 0 Å². The summed E-state index contributed by atoms with van der Waals surface area (Å²) in [5.74, 6) is 0. The molecule has 0 saturated heterocycles. The van der Waals surface area contributed by atoms with E-state index in [1.165, 1.54) is 31.4 Å². The van der Waals surface area contributed by atoms with E-state index in [0.29, 0.717) is 5.54 Å². The summed E-state index contributed by atoms with van der Waals surface area (Å²) in [5, 5.41) is 8.09. The Balaban J connectivity index is 2.04. The van der Waals surface area contributed by atoms with Gasteiger partial charge >= 0.3 is 0 Å². The first-order chi connectivity index (χ1) is 7.52. The molecule has 1 N–H and O–H groups in total. The summed E-state index contributed by atoms with van der Waals surface area (Å²) in [4.78, 5) is 0. The molecule has 1 aliphatic rings. The van der Waals surface area contributed by atoms with Gasteiger partial charge in [-0.15, -0.1) is 0 Å². The average Bonchev–Trinajstić information content (AvgIpc) is 2.73. The molecule has 90 valence electrons. The first kappa shape index (κ1) is 12.1. The van der Waals surface area contributed by atoms with E-state index in [2.05, 4.69) is 33.3 Å². The predicted octanol–water partition coefficient (Wildman–Crippen LogP) is 2.91. The third-order valence-corrected chi connectivity index (χ3v) is 4.68. The van der Waals surface area contributed by atoms with Crippen LogP contribution < -0.4 is 5.32 Å². The van der Waals surface area contributed by atoms with Gasteiger partial charge in [0.25, 0.3) is 0 Å². The van der Waals surface area contributed by atoms with Crippen LogP contribution in [0.15, 0.2) is 4.47 Å². The summed E-state index contributed by atoms with van der Waals surface area (Å²) in [6, 6.07) is 0. The highest BCUT2D eigenvalue weighted by Gasteiger charge is 2.28. The van der Waals surface area contributed by atoms with Crippen LogP contribution in [0.5, 0.6) is 0 Å². The summed E-state index contributed by atoms with van der Waals surface area (Å²) in [5.41, 5.74) is 2.64. The van der Waals surface area contributed by atoms with Crippen LogP contribution in [-0.4, -0.2) is 15.3 Å². The van der Waals surface area contributed by atoms with Crippen LogP contribution in [0.1, 0.15) is 44.0 Å². The molecule has 0 unspecified atom stereocenters. The first-order valence-electron chi connectivity index (χ1n) is 5.95. The summed E-state index contributed by atoms with van der Waals surface area (Å²) in [7, 11) is 2.01. The molecule has 1 saturated carbocycles. The summed E-state index contributed by atoms with van der Waals surface area (Å²) in [6.07, 6.45) is 5.30. The maximum absolute atomic E-state index is 4.41. The van der Waals surface area contributed by atoms with Crippen LogP contribution in [0.25, 0.3) is 0 Å². The van der Waals surface area contributed by atoms with E-state index >= 15 is 0 Å². The number of aromatic nitrogens is 2. The third-order valence-electron chi connectivity index (χ3n) is 3.65. The van der Waals surface area contributed by atoms with Crippen molar-refractivity contribution in [1.29, 1.82) is 0 Å². The van der Waals surface area contributed by atoms with E-state index in [1.54, 1.807) is 0 Å². The molecular weight excluding hydrogens is 266 g/mol. The second-order valence-corrected chi connectivity index (χ2v) is 5.88. The van der Waals surface area contributed by atoms with E-state index < -0.39 is 0 Å². The maximum Gasteiger partial charge on any atom is 0.0739 e. The molecule has 3 nitrogen and oxygen atoms in total. The Hall–Kier alpha value is -0.350. The van der Waals surface area contributed by atoms with Crippen molar-refractivity contribution in [3.63, 3.8) is 0 Å². The normalized spacial score (nSPS) is 19.2. The van der Waals surface area contributed by atoms with Gasteiger partial charge in [-0.25, -0.2) is 0 Å². The Morgan fingerprint density at radius 2 is 2.06 bits per heavy atom. The van der Waals surface area contributed by atoms with Gasteiger partial charge in [0.05, 0.1) is 15.9 Å². The Morgan fingerprint density at radius 3 is 2.56 bits per heavy atom. The summed E-state index contributed by atoms with van der Waals surface area (Å²) >= 11 is 3.60. The van der Waals surface area contributed by atoms with Crippen LogP contribution in [0, 0.1) is 6.92 Å². The molecule has 0 aromatic carbocycles. The number of nitrogens with zero attached hydrogens (tertiary/aromatic N) is 2. The number of rotatable bonds is 3. The van der Waals surface area contributed by atoms with Gasteiger partial charge in [0.1, 0.15) is 0 Å². The zero-order valence-electron chi connectivity index (χ0n) is 10.3. The minimum atomic E-state index is 0.331. The highest BCUT2D eigenvalue weighted by Crippen LogP contribution is 2.30. The van der Waals surface area contributed by atoms with Crippen molar-refractivity contribution in [2.45, 2.75) is 51.6 Å². The fourth-order valence-corrected chi connectivity index (χ4v) is 2.98. The van der Waals surface area contributed by atoms with Crippen LogP contribution in [0.4, 0.5) is 0 Å². The lowest BCUT2D eigenvalue weighted by atomic mass is 10.0. The van der Waals surface area contributed by atoms with Crippen molar-refractivity contribution < 1.29 is 0 Å². The number of nitrogens with one attached hydrogen (secondary N) is 1. The molecule has 4 heteroatoms. The van der Waals surface area contributed by atoms with Gasteiger partial charge < -0.3 is 5.32 Å². The fraction of sp³-hybridized carbons (Fsp3) is 0.750. The van der Waals surface area contributed by atoms with Crippen molar-refractivity contribution in [3.8, 4) is 0 Å². The van der Waals surface area contributed by atoms with Gasteiger partial charge in [0.2, 0.25) is 0 Å². The fourth-order valence-electron chi connectivity index (χ4n) is 2.50. The molecule has 0 radical (unpaired) electrons. The van der Waals surface area contributed by atoms with Crippen molar-refractivity contribution in [1.82, 2.24) is 15.1 Å². The Bertz CT molecular complexity index is 378. The van der Waals surface area contributed by atoms with Crippen molar-refractivity contribution in [3.05, 3.63) is 15.9 Å². The molecule has 0 aliphatic heterocycles. The second-order valence-electron chi connectivity index (χ2n) is 5.09. The lowest BCUT2D eigenvalue weighted by molar-refractivity contribution is 0.357. The Morgan fingerprint density at radius 1 is 1.44 bits per heavy atom.